The number of ether oxygens (including phenoxy) is 2. The van der Waals surface area contributed by atoms with Crippen molar-refractivity contribution in [1.82, 2.24) is 0 Å². The smallest absolute Gasteiger partial charge is 0.273 e. The van der Waals surface area contributed by atoms with Crippen molar-refractivity contribution < 1.29 is 19.2 Å². The van der Waals surface area contributed by atoms with Crippen LogP contribution in [0.4, 0.5) is 11.4 Å². The molecule has 3 aromatic carbocycles. The lowest BCUT2D eigenvalue weighted by molar-refractivity contribution is -0.384. The van der Waals surface area contributed by atoms with Crippen LogP contribution >= 0.6 is 0 Å². The van der Waals surface area contributed by atoms with Crippen LogP contribution in [0.25, 0.3) is 11.1 Å². The van der Waals surface area contributed by atoms with E-state index in [1.54, 1.807) is 19.1 Å². The van der Waals surface area contributed by atoms with Gasteiger partial charge in [0.05, 0.1) is 23.8 Å². The van der Waals surface area contributed by atoms with E-state index in [2.05, 4.69) is 5.32 Å². The summed E-state index contributed by atoms with van der Waals surface area (Å²) in [5.74, 6) is 0.360. The van der Waals surface area contributed by atoms with Crippen LogP contribution in [0.3, 0.4) is 0 Å². The molecule has 0 aromatic heterocycles. The van der Waals surface area contributed by atoms with Crippen molar-refractivity contribution in [3.05, 3.63) is 82.9 Å². The summed E-state index contributed by atoms with van der Waals surface area (Å²) in [5.41, 5.74) is 2.35. The van der Waals surface area contributed by atoms with Crippen LogP contribution in [0.15, 0.2) is 72.8 Å². The van der Waals surface area contributed by atoms with Crippen LogP contribution in [0.2, 0.25) is 0 Å². The van der Waals surface area contributed by atoms with Gasteiger partial charge in [-0.1, -0.05) is 42.5 Å². The van der Waals surface area contributed by atoms with Crippen LogP contribution in [0.5, 0.6) is 11.5 Å². The third kappa shape index (κ3) is 4.90. The van der Waals surface area contributed by atoms with E-state index >= 15 is 0 Å². The molecule has 0 bridgehead atoms. The number of nitrogens with zero attached hydrogens (tertiary/aromatic N) is 1. The minimum Gasteiger partial charge on any atom is -0.494 e. The molecule has 1 N–H and O–H groups in total. The summed E-state index contributed by atoms with van der Waals surface area (Å²) in [5, 5.41) is 13.5. The number of hydrogen-bond donors (Lipinski definition) is 1. The van der Waals surface area contributed by atoms with Gasteiger partial charge in [0, 0.05) is 6.07 Å². The first-order valence-electron chi connectivity index (χ1n) is 8.93. The zero-order chi connectivity index (χ0) is 20.8. The molecule has 0 aliphatic carbocycles. The number of non-ortho nitro benzene ring substituents is 1. The van der Waals surface area contributed by atoms with E-state index in [-0.39, 0.29) is 11.4 Å². The van der Waals surface area contributed by atoms with Crippen molar-refractivity contribution in [2.24, 2.45) is 0 Å². The Morgan fingerprint density at radius 2 is 1.66 bits per heavy atom. The second-order valence-corrected chi connectivity index (χ2v) is 6.28. The van der Waals surface area contributed by atoms with Crippen LogP contribution < -0.4 is 14.8 Å². The standard InChI is InChI=1S/C22H20N2O5/c1-15(22(25)23-20-13-10-18(24(26)27)14-21(20)28-2)29-19-11-8-17(9-12-19)16-6-4-3-5-7-16/h3-15H,1-2H3,(H,23,25). The van der Waals surface area contributed by atoms with Crippen molar-refractivity contribution in [3.63, 3.8) is 0 Å². The molecule has 29 heavy (non-hydrogen) atoms. The Labute approximate surface area is 168 Å². The number of carbonyl (C=O) groups is 1. The molecule has 1 amide bonds. The number of nitrogens with one attached hydrogen (secondary N) is 1. The van der Waals surface area contributed by atoms with Gasteiger partial charge in [-0.2, -0.15) is 0 Å². The Bertz CT molecular complexity index is 1000. The number of benzene rings is 3. The molecule has 1 unspecified atom stereocenters. The van der Waals surface area contributed by atoms with Gasteiger partial charge in [0.25, 0.3) is 11.6 Å². The largest absolute Gasteiger partial charge is 0.494 e. The summed E-state index contributed by atoms with van der Waals surface area (Å²) in [4.78, 5) is 22.8. The van der Waals surface area contributed by atoms with Gasteiger partial charge in [0.2, 0.25) is 0 Å². The minimum absolute atomic E-state index is 0.123. The Hall–Kier alpha value is -3.87. The van der Waals surface area contributed by atoms with Gasteiger partial charge in [-0.25, -0.2) is 0 Å². The summed E-state index contributed by atoms with van der Waals surface area (Å²) >= 11 is 0. The molecule has 0 radical (unpaired) electrons. The van der Waals surface area contributed by atoms with Crippen LogP contribution in [0.1, 0.15) is 6.92 Å². The Morgan fingerprint density at radius 3 is 2.28 bits per heavy atom. The highest BCUT2D eigenvalue weighted by Gasteiger charge is 2.18. The van der Waals surface area contributed by atoms with Gasteiger partial charge < -0.3 is 14.8 Å². The first-order chi connectivity index (χ1) is 14.0. The SMILES string of the molecule is COc1cc([N+](=O)[O-])ccc1NC(=O)C(C)Oc1ccc(-c2ccccc2)cc1. The highest BCUT2D eigenvalue weighted by Crippen LogP contribution is 2.29. The van der Waals surface area contributed by atoms with Gasteiger partial charge in [0.15, 0.2) is 6.10 Å². The van der Waals surface area contributed by atoms with Crippen molar-refractivity contribution in [3.8, 4) is 22.6 Å². The summed E-state index contributed by atoms with van der Waals surface area (Å²) in [6.07, 6.45) is -0.780. The van der Waals surface area contributed by atoms with Crippen molar-refractivity contribution in [1.29, 1.82) is 0 Å². The van der Waals surface area contributed by atoms with Crippen molar-refractivity contribution in [2.75, 3.05) is 12.4 Å². The summed E-state index contributed by atoms with van der Waals surface area (Å²) in [6, 6.07) is 21.4. The predicted octanol–water partition coefficient (Wildman–Crippen LogP) is 4.68. The number of rotatable bonds is 7. The zero-order valence-electron chi connectivity index (χ0n) is 16.0. The molecule has 148 valence electrons. The number of nitro benzene ring substituents is 1. The monoisotopic (exact) mass is 392 g/mol. The Balaban J connectivity index is 1.66. The molecule has 0 fully saturated rings. The van der Waals surface area contributed by atoms with Crippen molar-refractivity contribution in [2.45, 2.75) is 13.0 Å². The maximum Gasteiger partial charge on any atom is 0.273 e. The van der Waals surface area contributed by atoms with E-state index in [9.17, 15) is 14.9 Å². The fourth-order valence-corrected chi connectivity index (χ4v) is 2.75. The van der Waals surface area contributed by atoms with E-state index < -0.39 is 16.9 Å². The molecule has 0 saturated heterocycles. The Kier molecular flexibility index (Phi) is 6.09. The number of nitro groups is 1. The third-order valence-electron chi connectivity index (χ3n) is 4.30. The quantitative estimate of drug-likeness (QED) is 0.466. The van der Waals surface area contributed by atoms with Gasteiger partial charge in [0.1, 0.15) is 11.5 Å². The Morgan fingerprint density at radius 1 is 1.00 bits per heavy atom. The van der Waals surface area contributed by atoms with Gasteiger partial charge >= 0.3 is 0 Å². The second-order valence-electron chi connectivity index (χ2n) is 6.28. The number of carbonyl (C=O) groups excluding carboxylic acids is 1. The molecule has 3 rings (SSSR count). The van der Waals surface area contributed by atoms with Crippen LogP contribution in [0, 0.1) is 10.1 Å². The number of methoxy groups -OCH3 is 1. The lowest BCUT2D eigenvalue weighted by Gasteiger charge is -2.16. The summed E-state index contributed by atoms with van der Waals surface area (Å²) in [6.45, 7) is 1.62. The molecular formula is C22H20N2O5. The van der Waals surface area contributed by atoms with E-state index in [1.165, 1.54) is 25.3 Å². The molecular weight excluding hydrogens is 372 g/mol. The van der Waals surface area contributed by atoms with E-state index in [4.69, 9.17) is 9.47 Å². The second kappa shape index (κ2) is 8.88. The van der Waals surface area contributed by atoms with Crippen molar-refractivity contribution >= 4 is 17.3 Å². The topological polar surface area (TPSA) is 90.7 Å². The summed E-state index contributed by atoms with van der Waals surface area (Å²) in [7, 11) is 1.38. The molecule has 0 spiro atoms. The predicted molar refractivity (Wildman–Crippen MR) is 110 cm³/mol. The number of hydrogen-bond acceptors (Lipinski definition) is 5. The normalized spacial score (nSPS) is 11.4. The lowest BCUT2D eigenvalue weighted by Crippen LogP contribution is -2.30. The fourth-order valence-electron chi connectivity index (χ4n) is 2.75. The maximum atomic E-state index is 12.5. The maximum absolute atomic E-state index is 12.5. The highest BCUT2D eigenvalue weighted by atomic mass is 16.6. The molecule has 0 aliphatic heterocycles. The van der Waals surface area contributed by atoms with Gasteiger partial charge in [-0.3, -0.25) is 14.9 Å². The van der Waals surface area contributed by atoms with E-state index in [0.29, 0.717) is 11.4 Å². The molecule has 1 atom stereocenters. The van der Waals surface area contributed by atoms with Gasteiger partial charge in [-0.15, -0.1) is 0 Å². The molecule has 7 heteroatoms. The number of amides is 1. The molecule has 3 aromatic rings. The van der Waals surface area contributed by atoms with Crippen LogP contribution in [-0.4, -0.2) is 24.0 Å². The molecule has 0 heterocycles. The molecule has 7 nitrogen and oxygen atoms in total. The van der Waals surface area contributed by atoms with Crippen LogP contribution in [-0.2, 0) is 4.79 Å². The van der Waals surface area contributed by atoms with E-state index in [1.807, 2.05) is 42.5 Å². The first kappa shape index (κ1) is 19.9. The zero-order valence-corrected chi connectivity index (χ0v) is 16.0. The van der Waals surface area contributed by atoms with E-state index in [0.717, 1.165) is 11.1 Å². The molecule has 0 saturated carbocycles. The first-order valence-corrected chi connectivity index (χ1v) is 8.93. The highest BCUT2D eigenvalue weighted by molar-refractivity contribution is 5.95. The average molecular weight is 392 g/mol. The number of anilines is 1. The minimum atomic E-state index is -0.780. The average Bonchev–Trinajstić information content (AvgIpc) is 2.75. The van der Waals surface area contributed by atoms with Gasteiger partial charge in [-0.05, 0) is 36.2 Å². The molecule has 0 aliphatic rings. The fraction of sp³-hybridized carbons (Fsp3) is 0.136. The third-order valence-corrected chi connectivity index (χ3v) is 4.30. The summed E-state index contributed by atoms with van der Waals surface area (Å²) < 4.78 is 10.8. The lowest BCUT2D eigenvalue weighted by atomic mass is 10.1.